The summed E-state index contributed by atoms with van der Waals surface area (Å²) in [5.74, 6) is 0.910. The zero-order valence-corrected chi connectivity index (χ0v) is 13.3. The quantitative estimate of drug-likeness (QED) is 0.910. The fourth-order valence-corrected chi connectivity index (χ4v) is 2.56. The summed E-state index contributed by atoms with van der Waals surface area (Å²) in [6.07, 6.45) is 2.42. The molecule has 0 bridgehead atoms. The Kier molecular flexibility index (Phi) is 5.81. The highest BCUT2D eigenvalue weighted by Crippen LogP contribution is 2.21. The number of ether oxygens (including phenoxy) is 1. The first kappa shape index (κ1) is 16.3. The maximum atomic E-state index is 12.3. The number of nitrogens with zero attached hydrogens (tertiary/aromatic N) is 1. The molecule has 0 radical (unpaired) electrons. The molecule has 5 nitrogen and oxygen atoms in total. The van der Waals surface area contributed by atoms with Crippen molar-refractivity contribution in [2.75, 3.05) is 25.0 Å². The third-order valence-electron chi connectivity index (χ3n) is 3.91. The van der Waals surface area contributed by atoms with Crippen LogP contribution in [0.5, 0.6) is 5.75 Å². The van der Waals surface area contributed by atoms with E-state index in [4.69, 9.17) is 4.74 Å². The summed E-state index contributed by atoms with van der Waals surface area (Å²) in [6, 6.07) is 7.44. The van der Waals surface area contributed by atoms with Crippen molar-refractivity contribution in [2.45, 2.75) is 33.1 Å². The second kappa shape index (κ2) is 7.82. The molecule has 1 N–H and O–H groups in total. The first-order valence-electron chi connectivity index (χ1n) is 7.89. The van der Waals surface area contributed by atoms with Gasteiger partial charge >= 0.3 is 0 Å². The SMILES string of the molecule is CCCOc1ccc(NC(=O)C2CCN(C(C)=O)CC2)cc1. The van der Waals surface area contributed by atoms with Crippen molar-refractivity contribution in [3.05, 3.63) is 24.3 Å². The van der Waals surface area contributed by atoms with E-state index in [-0.39, 0.29) is 17.7 Å². The Labute approximate surface area is 131 Å². The van der Waals surface area contributed by atoms with Crippen molar-refractivity contribution in [1.82, 2.24) is 4.90 Å². The van der Waals surface area contributed by atoms with Crippen LogP contribution in [0.4, 0.5) is 5.69 Å². The molecule has 0 atom stereocenters. The number of anilines is 1. The van der Waals surface area contributed by atoms with Crippen molar-refractivity contribution in [1.29, 1.82) is 0 Å². The zero-order valence-electron chi connectivity index (χ0n) is 13.3. The van der Waals surface area contributed by atoms with E-state index >= 15 is 0 Å². The maximum Gasteiger partial charge on any atom is 0.227 e. The van der Waals surface area contributed by atoms with Gasteiger partial charge in [0.1, 0.15) is 5.75 Å². The molecular weight excluding hydrogens is 280 g/mol. The first-order valence-corrected chi connectivity index (χ1v) is 7.89. The molecule has 0 saturated carbocycles. The van der Waals surface area contributed by atoms with Gasteiger partial charge in [-0.2, -0.15) is 0 Å². The number of piperidine rings is 1. The molecule has 0 aliphatic carbocycles. The fraction of sp³-hybridized carbons (Fsp3) is 0.529. The second-order valence-electron chi connectivity index (χ2n) is 5.64. The lowest BCUT2D eigenvalue weighted by Crippen LogP contribution is -2.40. The first-order chi connectivity index (χ1) is 10.6. The van der Waals surface area contributed by atoms with Gasteiger partial charge in [-0.1, -0.05) is 6.92 Å². The maximum absolute atomic E-state index is 12.3. The number of carbonyl (C=O) groups excluding carboxylic acids is 2. The molecule has 22 heavy (non-hydrogen) atoms. The van der Waals surface area contributed by atoms with E-state index in [1.54, 1.807) is 11.8 Å². The average Bonchev–Trinajstić information content (AvgIpc) is 2.54. The molecule has 1 aliphatic rings. The zero-order chi connectivity index (χ0) is 15.9. The summed E-state index contributed by atoms with van der Waals surface area (Å²) in [7, 11) is 0. The van der Waals surface area contributed by atoms with Gasteiger partial charge in [0.2, 0.25) is 11.8 Å². The van der Waals surface area contributed by atoms with Gasteiger partial charge in [-0.25, -0.2) is 0 Å². The van der Waals surface area contributed by atoms with E-state index in [0.29, 0.717) is 19.7 Å². The summed E-state index contributed by atoms with van der Waals surface area (Å²) in [5.41, 5.74) is 0.780. The topological polar surface area (TPSA) is 58.6 Å². The molecule has 5 heteroatoms. The largest absolute Gasteiger partial charge is 0.494 e. The molecule has 1 aliphatic heterocycles. The Balaban J connectivity index is 1.83. The molecule has 0 unspecified atom stereocenters. The minimum absolute atomic E-state index is 0.0217. The van der Waals surface area contributed by atoms with Gasteiger partial charge in [-0.15, -0.1) is 0 Å². The van der Waals surface area contributed by atoms with Crippen LogP contribution in [-0.2, 0) is 9.59 Å². The van der Waals surface area contributed by atoms with Gasteiger partial charge < -0.3 is 15.0 Å². The van der Waals surface area contributed by atoms with Crippen molar-refractivity contribution in [3.8, 4) is 5.75 Å². The smallest absolute Gasteiger partial charge is 0.227 e. The van der Waals surface area contributed by atoms with Crippen LogP contribution in [0, 0.1) is 5.92 Å². The lowest BCUT2D eigenvalue weighted by molar-refractivity contribution is -0.132. The fourth-order valence-electron chi connectivity index (χ4n) is 2.56. The van der Waals surface area contributed by atoms with E-state index in [2.05, 4.69) is 12.2 Å². The van der Waals surface area contributed by atoms with E-state index in [0.717, 1.165) is 30.7 Å². The molecule has 0 aromatic heterocycles. The van der Waals surface area contributed by atoms with E-state index in [1.165, 1.54) is 0 Å². The van der Waals surface area contributed by atoms with Crippen molar-refractivity contribution >= 4 is 17.5 Å². The molecule has 120 valence electrons. The molecule has 1 saturated heterocycles. The predicted octanol–water partition coefficient (Wildman–Crippen LogP) is 2.67. The minimum atomic E-state index is -0.0217. The van der Waals surface area contributed by atoms with E-state index < -0.39 is 0 Å². The van der Waals surface area contributed by atoms with Gasteiger partial charge in [-0.05, 0) is 43.5 Å². The Morgan fingerprint density at radius 2 is 1.86 bits per heavy atom. The number of hydrogen-bond acceptors (Lipinski definition) is 3. The molecular formula is C17H24N2O3. The normalized spacial score (nSPS) is 15.5. The molecule has 1 aromatic rings. The summed E-state index contributed by atoms with van der Waals surface area (Å²) in [6.45, 7) is 5.66. The Morgan fingerprint density at radius 1 is 1.23 bits per heavy atom. The Morgan fingerprint density at radius 3 is 2.41 bits per heavy atom. The highest BCUT2D eigenvalue weighted by atomic mass is 16.5. The number of nitrogens with one attached hydrogen (secondary N) is 1. The van der Waals surface area contributed by atoms with Crippen LogP contribution in [0.15, 0.2) is 24.3 Å². The van der Waals surface area contributed by atoms with Crippen molar-refractivity contribution in [3.63, 3.8) is 0 Å². The Bertz CT molecular complexity index is 505. The number of carbonyl (C=O) groups is 2. The highest BCUT2D eigenvalue weighted by molar-refractivity contribution is 5.92. The Hall–Kier alpha value is -2.04. The number of likely N-dealkylation sites (tertiary alicyclic amines) is 1. The summed E-state index contributed by atoms with van der Waals surface area (Å²) in [5, 5.41) is 2.94. The van der Waals surface area contributed by atoms with Crippen molar-refractivity contribution in [2.24, 2.45) is 5.92 Å². The minimum Gasteiger partial charge on any atom is -0.494 e. The number of amides is 2. The van der Waals surface area contributed by atoms with Gasteiger partial charge in [0.05, 0.1) is 6.61 Å². The summed E-state index contributed by atoms with van der Waals surface area (Å²) >= 11 is 0. The molecule has 1 aromatic carbocycles. The lowest BCUT2D eigenvalue weighted by Gasteiger charge is -2.30. The third-order valence-corrected chi connectivity index (χ3v) is 3.91. The lowest BCUT2D eigenvalue weighted by atomic mass is 9.96. The van der Waals surface area contributed by atoms with Gasteiger partial charge in [0.25, 0.3) is 0 Å². The van der Waals surface area contributed by atoms with Crippen molar-refractivity contribution < 1.29 is 14.3 Å². The monoisotopic (exact) mass is 304 g/mol. The van der Waals surface area contributed by atoms with Crippen LogP contribution in [-0.4, -0.2) is 36.4 Å². The van der Waals surface area contributed by atoms with Crippen LogP contribution in [0.1, 0.15) is 33.1 Å². The van der Waals surface area contributed by atoms with Crippen LogP contribution >= 0.6 is 0 Å². The van der Waals surface area contributed by atoms with Crippen LogP contribution in [0.25, 0.3) is 0 Å². The number of benzene rings is 1. The van der Waals surface area contributed by atoms with Gasteiger partial charge in [-0.3, -0.25) is 9.59 Å². The van der Waals surface area contributed by atoms with Gasteiger partial charge in [0, 0.05) is 31.6 Å². The average molecular weight is 304 g/mol. The third kappa shape index (κ3) is 4.48. The van der Waals surface area contributed by atoms with E-state index in [1.807, 2.05) is 24.3 Å². The summed E-state index contributed by atoms with van der Waals surface area (Å²) < 4.78 is 5.52. The molecule has 0 spiro atoms. The molecule has 1 fully saturated rings. The van der Waals surface area contributed by atoms with E-state index in [9.17, 15) is 9.59 Å². The second-order valence-corrected chi connectivity index (χ2v) is 5.64. The van der Waals surface area contributed by atoms with Crippen LogP contribution in [0.3, 0.4) is 0 Å². The molecule has 2 rings (SSSR count). The van der Waals surface area contributed by atoms with Crippen LogP contribution < -0.4 is 10.1 Å². The van der Waals surface area contributed by atoms with Gasteiger partial charge in [0.15, 0.2) is 0 Å². The standard InChI is InChI=1S/C17H24N2O3/c1-3-12-22-16-6-4-15(5-7-16)18-17(21)14-8-10-19(11-9-14)13(2)20/h4-7,14H,3,8-12H2,1-2H3,(H,18,21). The van der Waals surface area contributed by atoms with Crippen LogP contribution in [0.2, 0.25) is 0 Å². The highest BCUT2D eigenvalue weighted by Gasteiger charge is 2.25. The number of rotatable bonds is 5. The molecule has 2 amide bonds. The predicted molar refractivity (Wildman–Crippen MR) is 85.8 cm³/mol. The number of hydrogen-bond donors (Lipinski definition) is 1. The molecule has 1 heterocycles. The summed E-state index contributed by atoms with van der Waals surface area (Å²) in [4.78, 5) is 25.3.